The van der Waals surface area contributed by atoms with Crippen molar-refractivity contribution in [3.8, 4) is 11.5 Å². The van der Waals surface area contributed by atoms with Gasteiger partial charge in [-0.15, -0.1) is 11.3 Å². The highest BCUT2D eigenvalue weighted by atomic mass is 35.5. The van der Waals surface area contributed by atoms with E-state index in [1.54, 1.807) is 30.2 Å². The first kappa shape index (κ1) is 19.2. The summed E-state index contributed by atoms with van der Waals surface area (Å²) in [6, 6.07) is 8.09. The molecule has 0 aliphatic rings. The maximum Gasteiger partial charge on any atom is 0.387 e. The predicted molar refractivity (Wildman–Crippen MR) is 94.5 cm³/mol. The summed E-state index contributed by atoms with van der Waals surface area (Å²) in [7, 11) is 3.03. The molecule has 0 N–H and O–H groups in total. The van der Waals surface area contributed by atoms with E-state index in [-0.39, 0.29) is 17.4 Å². The van der Waals surface area contributed by atoms with Gasteiger partial charge in [0.05, 0.1) is 18.0 Å². The SMILES string of the molecule is COc1cc(/C=C/C(=O)N(C)Cc2ccc(Cl)s2)ccc1OC(F)F. The first-order valence-electron chi connectivity index (χ1n) is 7.19. The number of halogens is 3. The zero-order chi connectivity index (χ0) is 18.4. The van der Waals surface area contributed by atoms with E-state index in [1.165, 1.54) is 36.7 Å². The van der Waals surface area contributed by atoms with E-state index in [9.17, 15) is 13.6 Å². The Kier molecular flexibility index (Phi) is 6.78. The average molecular weight is 388 g/mol. The molecule has 2 aromatic rings. The van der Waals surface area contributed by atoms with E-state index in [1.807, 2.05) is 6.07 Å². The minimum atomic E-state index is -2.93. The Hall–Kier alpha value is -2.12. The second-order valence-corrected chi connectivity index (χ2v) is 6.82. The van der Waals surface area contributed by atoms with E-state index in [0.717, 1.165) is 4.88 Å². The van der Waals surface area contributed by atoms with Crippen LogP contribution in [0.4, 0.5) is 8.78 Å². The second-order valence-electron chi connectivity index (χ2n) is 5.02. The zero-order valence-corrected chi connectivity index (χ0v) is 15.1. The molecule has 8 heteroatoms. The van der Waals surface area contributed by atoms with Crippen molar-refractivity contribution in [2.75, 3.05) is 14.2 Å². The number of benzene rings is 1. The smallest absolute Gasteiger partial charge is 0.387 e. The highest BCUT2D eigenvalue weighted by Gasteiger charge is 2.11. The molecule has 1 aromatic heterocycles. The van der Waals surface area contributed by atoms with Gasteiger partial charge < -0.3 is 14.4 Å². The second kappa shape index (κ2) is 8.82. The van der Waals surface area contributed by atoms with E-state index in [4.69, 9.17) is 16.3 Å². The molecule has 0 spiro atoms. The van der Waals surface area contributed by atoms with Gasteiger partial charge in [-0.25, -0.2) is 0 Å². The van der Waals surface area contributed by atoms with Crippen LogP contribution in [0.3, 0.4) is 0 Å². The summed E-state index contributed by atoms with van der Waals surface area (Å²) in [4.78, 5) is 14.7. The summed E-state index contributed by atoms with van der Waals surface area (Å²) >= 11 is 7.28. The third-order valence-corrected chi connectivity index (χ3v) is 4.44. The molecule has 2 rings (SSSR count). The fourth-order valence-electron chi connectivity index (χ4n) is 2.02. The van der Waals surface area contributed by atoms with Gasteiger partial charge in [0.15, 0.2) is 11.5 Å². The van der Waals surface area contributed by atoms with Crippen molar-refractivity contribution in [1.29, 1.82) is 0 Å². The van der Waals surface area contributed by atoms with E-state index >= 15 is 0 Å². The zero-order valence-electron chi connectivity index (χ0n) is 13.5. The number of hydrogen-bond donors (Lipinski definition) is 0. The number of thiophene rings is 1. The van der Waals surface area contributed by atoms with Gasteiger partial charge in [-0.2, -0.15) is 8.78 Å². The Morgan fingerprint density at radius 2 is 2.08 bits per heavy atom. The van der Waals surface area contributed by atoms with Crippen LogP contribution in [0.25, 0.3) is 6.08 Å². The number of carbonyl (C=O) groups excluding carboxylic acids is 1. The molecule has 25 heavy (non-hydrogen) atoms. The number of nitrogens with zero attached hydrogens (tertiary/aromatic N) is 1. The van der Waals surface area contributed by atoms with E-state index in [0.29, 0.717) is 16.4 Å². The van der Waals surface area contributed by atoms with Gasteiger partial charge in [0.1, 0.15) is 0 Å². The topological polar surface area (TPSA) is 38.8 Å². The summed E-state index contributed by atoms with van der Waals surface area (Å²) in [6.07, 6.45) is 2.98. The Morgan fingerprint density at radius 1 is 1.32 bits per heavy atom. The van der Waals surface area contributed by atoms with Crippen LogP contribution in [0.15, 0.2) is 36.4 Å². The molecule has 0 radical (unpaired) electrons. The van der Waals surface area contributed by atoms with Crippen molar-refractivity contribution in [3.63, 3.8) is 0 Å². The highest BCUT2D eigenvalue weighted by Crippen LogP contribution is 2.30. The van der Waals surface area contributed by atoms with Crippen LogP contribution in [-0.2, 0) is 11.3 Å². The molecular weight excluding hydrogens is 372 g/mol. The minimum absolute atomic E-state index is 0.0623. The van der Waals surface area contributed by atoms with Gasteiger partial charge >= 0.3 is 6.61 Å². The molecule has 1 aromatic carbocycles. The van der Waals surface area contributed by atoms with Crippen molar-refractivity contribution >= 4 is 34.9 Å². The monoisotopic (exact) mass is 387 g/mol. The molecule has 0 aliphatic heterocycles. The van der Waals surface area contributed by atoms with Crippen molar-refractivity contribution in [2.24, 2.45) is 0 Å². The quantitative estimate of drug-likeness (QED) is 0.647. The fraction of sp³-hybridized carbons (Fsp3) is 0.235. The van der Waals surface area contributed by atoms with E-state index in [2.05, 4.69) is 4.74 Å². The average Bonchev–Trinajstić information content (AvgIpc) is 2.97. The highest BCUT2D eigenvalue weighted by molar-refractivity contribution is 7.16. The Balaban J connectivity index is 2.03. The maximum atomic E-state index is 12.3. The van der Waals surface area contributed by atoms with Crippen LogP contribution < -0.4 is 9.47 Å². The molecule has 1 amide bonds. The molecule has 134 valence electrons. The van der Waals surface area contributed by atoms with Crippen LogP contribution in [-0.4, -0.2) is 31.6 Å². The number of alkyl halides is 2. The largest absolute Gasteiger partial charge is 0.493 e. The van der Waals surface area contributed by atoms with Crippen molar-refractivity contribution in [3.05, 3.63) is 51.2 Å². The molecule has 0 saturated carbocycles. The standard InChI is InChI=1S/C17H16ClF2NO3S/c1-21(10-12-5-7-15(18)25-12)16(22)8-4-11-3-6-13(24-17(19)20)14(9-11)23-2/h3-9,17H,10H2,1-2H3/b8-4+. The van der Waals surface area contributed by atoms with Crippen LogP contribution in [0, 0.1) is 0 Å². The molecule has 1 heterocycles. The number of ether oxygens (including phenoxy) is 2. The van der Waals surface area contributed by atoms with Gasteiger partial charge in [-0.05, 0) is 35.9 Å². The van der Waals surface area contributed by atoms with E-state index < -0.39 is 6.61 Å². The third kappa shape index (κ3) is 5.72. The molecule has 0 fully saturated rings. The lowest BCUT2D eigenvalue weighted by atomic mass is 10.2. The first-order valence-corrected chi connectivity index (χ1v) is 8.38. The number of methoxy groups -OCH3 is 1. The minimum Gasteiger partial charge on any atom is -0.493 e. The number of rotatable bonds is 7. The lowest BCUT2D eigenvalue weighted by Gasteiger charge is -2.13. The summed E-state index contributed by atoms with van der Waals surface area (Å²) in [5.74, 6) is -0.0967. The summed E-state index contributed by atoms with van der Waals surface area (Å²) in [5, 5.41) is 0. The van der Waals surface area contributed by atoms with Gasteiger partial charge in [0, 0.05) is 18.0 Å². The molecule has 0 bridgehead atoms. The molecule has 0 aliphatic carbocycles. The summed E-state index contributed by atoms with van der Waals surface area (Å²) in [6.45, 7) is -2.48. The third-order valence-electron chi connectivity index (χ3n) is 3.22. The number of likely N-dealkylation sites (N-methyl/N-ethyl adjacent to an activating group) is 1. The molecule has 0 saturated heterocycles. The molecule has 4 nitrogen and oxygen atoms in total. The number of amides is 1. The molecular formula is C17H16ClF2NO3S. The maximum absolute atomic E-state index is 12.3. The molecule has 0 unspecified atom stereocenters. The molecule has 0 atom stereocenters. The lowest BCUT2D eigenvalue weighted by Crippen LogP contribution is -2.23. The fourth-order valence-corrected chi connectivity index (χ4v) is 3.17. The lowest BCUT2D eigenvalue weighted by molar-refractivity contribution is -0.125. The normalized spacial score (nSPS) is 11.1. The van der Waals surface area contributed by atoms with Crippen molar-refractivity contribution < 1.29 is 23.0 Å². The van der Waals surface area contributed by atoms with Crippen LogP contribution in [0.5, 0.6) is 11.5 Å². The number of carbonyl (C=O) groups is 1. The Bertz CT molecular complexity index is 764. The van der Waals surface area contributed by atoms with Gasteiger partial charge in [0.2, 0.25) is 5.91 Å². The van der Waals surface area contributed by atoms with Crippen molar-refractivity contribution in [1.82, 2.24) is 4.90 Å². The van der Waals surface area contributed by atoms with Gasteiger partial charge in [-0.1, -0.05) is 17.7 Å². The summed E-state index contributed by atoms with van der Waals surface area (Å²) < 4.78 is 34.7. The number of hydrogen-bond acceptors (Lipinski definition) is 4. The summed E-state index contributed by atoms with van der Waals surface area (Å²) in [5.41, 5.74) is 0.624. The Labute approximate surface area is 153 Å². The van der Waals surface area contributed by atoms with Gasteiger partial charge in [0.25, 0.3) is 0 Å². The van der Waals surface area contributed by atoms with Crippen molar-refractivity contribution in [2.45, 2.75) is 13.2 Å². The van der Waals surface area contributed by atoms with Crippen LogP contribution in [0.1, 0.15) is 10.4 Å². The first-order chi connectivity index (χ1) is 11.9. The van der Waals surface area contributed by atoms with Gasteiger partial charge in [-0.3, -0.25) is 4.79 Å². The predicted octanol–water partition coefficient (Wildman–Crippen LogP) is 4.68. The van der Waals surface area contributed by atoms with Crippen LogP contribution >= 0.6 is 22.9 Å². The Morgan fingerprint density at radius 3 is 2.68 bits per heavy atom. The van der Waals surface area contributed by atoms with Crippen LogP contribution in [0.2, 0.25) is 4.34 Å².